The summed E-state index contributed by atoms with van der Waals surface area (Å²) in [5, 5.41) is 19.1. The lowest BCUT2D eigenvalue weighted by atomic mass is 9.95. The molecule has 1 saturated carbocycles. The zero-order valence-electron chi connectivity index (χ0n) is 19.0. The highest BCUT2D eigenvalue weighted by Gasteiger charge is 2.39. The van der Waals surface area contributed by atoms with Crippen LogP contribution in [-0.2, 0) is 19.2 Å². The van der Waals surface area contributed by atoms with Crippen molar-refractivity contribution < 1.29 is 29.1 Å². The summed E-state index contributed by atoms with van der Waals surface area (Å²) < 4.78 is 0. The number of nitrogens with one attached hydrogen (secondary N) is 3. The molecule has 0 bridgehead atoms. The van der Waals surface area contributed by atoms with Crippen molar-refractivity contribution in [3.63, 3.8) is 0 Å². The molecule has 5 amide bonds. The first-order chi connectivity index (χ1) is 15.8. The Morgan fingerprint density at radius 2 is 1.73 bits per heavy atom. The van der Waals surface area contributed by atoms with Crippen LogP contribution in [0.25, 0.3) is 0 Å². The van der Waals surface area contributed by atoms with Crippen molar-refractivity contribution >= 4 is 29.7 Å². The molecule has 11 nitrogen and oxygen atoms in total. The van der Waals surface area contributed by atoms with E-state index in [0.717, 1.165) is 38.5 Å². The van der Waals surface area contributed by atoms with Gasteiger partial charge in [0, 0.05) is 38.1 Å². The summed E-state index contributed by atoms with van der Waals surface area (Å²) in [6.07, 6.45) is 6.31. The highest BCUT2D eigenvalue weighted by Crippen LogP contribution is 2.19. The predicted molar refractivity (Wildman–Crippen MR) is 116 cm³/mol. The fourth-order valence-electron chi connectivity index (χ4n) is 4.70. The van der Waals surface area contributed by atoms with Crippen molar-refractivity contribution in [2.24, 2.45) is 0 Å². The van der Waals surface area contributed by atoms with Gasteiger partial charge < -0.3 is 35.7 Å². The van der Waals surface area contributed by atoms with Crippen molar-refractivity contribution in [2.75, 3.05) is 26.2 Å². The van der Waals surface area contributed by atoms with Gasteiger partial charge >= 0.3 is 6.03 Å². The summed E-state index contributed by atoms with van der Waals surface area (Å²) in [4.78, 5) is 64.4. The Morgan fingerprint density at radius 1 is 0.970 bits per heavy atom. The number of piperazine rings is 1. The number of amides is 5. The van der Waals surface area contributed by atoms with Crippen molar-refractivity contribution in [2.45, 2.75) is 82.3 Å². The number of carbonyl (C=O) groups is 5. The van der Waals surface area contributed by atoms with Crippen LogP contribution in [0.1, 0.15) is 64.2 Å². The number of aliphatic carboxylic acids is 1. The Morgan fingerprint density at radius 3 is 2.42 bits per heavy atom. The molecule has 2 saturated heterocycles. The molecule has 2 heterocycles. The molecule has 3 N–H and O–H groups in total. The Labute approximate surface area is 193 Å². The maximum atomic E-state index is 13.2. The van der Waals surface area contributed by atoms with E-state index in [2.05, 4.69) is 16.0 Å². The lowest BCUT2D eigenvalue weighted by molar-refractivity contribution is -0.305. The monoisotopic (exact) mass is 464 g/mol. The molecule has 0 radical (unpaired) electrons. The summed E-state index contributed by atoms with van der Waals surface area (Å²) in [5.74, 6) is -2.20. The van der Waals surface area contributed by atoms with Crippen LogP contribution in [0.2, 0.25) is 0 Å². The molecule has 0 spiro atoms. The molecule has 0 aromatic heterocycles. The van der Waals surface area contributed by atoms with Gasteiger partial charge in [-0.3, -0.25) is 14.4 Å². The van der Waals surface area contributed by atoms with Gasteiger partial charge in [0.25, 0.3) is 0 Å². The molecular formula is C22H34N5O6-. The summed E-state index contributed by atoms with van der Waals surface area (Å²) in [6, 6.07) is -1.85. The van der Waals surface area contributed by atoms with Crippen LogP contribution in [0.4, 0.5) is 4.79 Å². The summed E-state index contributed by atoms with van der Waals surface area (Å²) in [5.41, 5.74) is 0. The molecule has 1 aliphatic carbocycles. The minimum Gasteiger partial charge on any atom is -0.550 e. The topological polar surface area (TPSA) is 151 Å². The number of piperidine rings is 1. The normalized spacial score (nSPS) is 24.1. The number of hydrogen-bond donors (Lipinski definition) is 3. The Bertz CT molecular complexity index is 754. The number of hydrogen-bond acceptors (Lipinski definition) is 6. The second-order valence-electron chi connectivity index (χ2n) is 9.05. The molecule has 11 heteroatoms. The van der Waals surface area contributed by atoms with Crippen molar-refractivity contribution in [1.82, 2.24) is 25.8 Å². The third-order valence-corrected chi connectivity index (χ3v) is 6.60. The van der Waals surface area contributed by atoms with E-state index >= 15 is 0 Å². The highest BCUT2D eigenvalue weighted by molar-refractivity contribution is 5.93. The summed E-state index contributed by atoms with van der Waals surface area (Å²) in [6.45, 7) is 1.01. The lowest BCUT2D eigenvalue weighted by Gasteiger charge is -2.41. The smallest absolute Gasteiger partial charge is 0.318 e. The summed E-state index contributed by atoms with van der Waals surface area (Å²) >= 11 is 0. The molecule has 0 aromatic carbocycles. The van der Waals surface area contributed by atoms with Gasteiger partial charge in [-0.2, -0.15) is 0 Å². The van der Waals surface area contributed by atoms with Crippen molar-refractivity contribution in [3.05, 3.63) is 0 Å². The first-order valence-electron chi connectivity index (χ1n) is 12.0. The standard InChI is InChI=1S/C22H35N5O6/c28-18(9-4-10-19(29)30)26-12-13-27(22(33)24-15-6-2-1-3-7-15)17(14-26)21(32)25-16-8-5-11-23-20(16)31/h15-17H,1-14H2,(H,23,31)(H,24,33)(H,25,32)(H,29,30)/p-1/t16-,17+/m0/s1. The van der Waals surface area contributed by atoms with Crippen LogP contribution in [0, 0.1) is 0 Å². The zero-order chi connectivity index (χ0) is 23.8. The molecular weight excluding hydrogens is 430 g/mol. The van der Waals surface area contributed by atoms with Crippen LogP contribution in [0.3, 0.4) is 0 Å². The van der Waals surface area contributed by atoms with Crippen molar-refractivity contribution in [3.8, 4) is 0 Å². The fourth-order valence-corrected chi connectivity index (χ4v) is 4.70. The van der Waals surface area contributed by atoms with Crippen LogP contribution >= 0.6 is 0 Å². The fraction of sp³-hybridized carbons (Fsp3) is 0.773. The van der Waals surface area contributed by atoms with Gasteiger partial charge in [-0.25, -0.2) is 4.79 Å². The first-order valence-corrected chi connectivity index (χ1v) is 12.0. The molecule has 3 aliphatic rings. The molecule has 0 unspecified atom stereocenters. The van der Waals surface area contributed by atoms with Gasteiger partial charge in [-0.15, -0.1) is 0 Å². The third-order valence-electron chi connectivity index (χ3n) is 6.60. The molecule has 33 heavy (non-hydrogen) atoms. The Hall–Kier alpha value is -2.85. The van der Waals surface area contributed by atoms with Crippen LogP contribution < -0.4 is 21.1 Å². The Kier molecular flexibility index (Phi) is 8.90. The van der Waals surface area contributed by atoms with Crippen LogP contribution in [0.15, 0.2) is 0 Å². The zero-order valence-corrected chi connectivity index (χ0v) is 19.0. The van der Waals surface area contributed by atoms with E-state index in [1.54, 1.807) is 0 Å². The van der Waals surface area contributed by atoms with Gasteiger partial charge in [-0.1, -0.05) is 19.3 Å². The first kappa shape index (κ1) is 24.8. The molecule has 2 aliphatic heterocycles. The molecule has 2 atom stereocenters. The summed E-state index contributed by atoms with van der Waals surface area (Å²) in [7, 11) is 0. The number of carboxylic acid groups (broad SMARTS) is 1. The van der Waals surface area contributed by atoms with E-state index < -0.39 is 24.0 Å². The largest absolute Gasteiger partial charge is 0.550 e. The quantitative estimate of drug-likeness (QED) is 0.433. The Balaban J connectivity index is 1.66. The SMILES string of the molecule is O=C([O-])CCCC(=O)N1CCN(C(=O)NC2CCCCC2)[C@@H](C(=O)N[C@H]2CCCNC2=O)C1. The van der Waals surface area contributed by atoms with Gasteiger partial charge in [0.1, 0.15) is 12.1 Å². The second kappa shape index (κ2) is 11.9. The van der Waals surface area contributed by atoms with Gasteiger partial charge in [-0.05, 0) is 38.5 Å². The van der Waals surface area contributed by atoms with E-state index in [0.29, 0.717) is 13.0 Å². The predicted octanol–water partition coefficient (Wildman–Crippen LogP) is -1.14. The molecule has 3 rings (SSSR count). The average molecular weight is 465 g/mol. The molecule has 3 fully saturated rings. The molecule has 184 valence electrons. The van der Waals surface area contributed by atoms with Gasteiger partial charge in [0.15, 0.2) is 0 Å². The average Bonchev–Trinajstić information content (AvgIpc) is 2.80. The number of urea groups is 1. The number of carbonyl (C=O) groups excluding carboxylic acids is 5. The van der Waals surface area contributed by atoms with E-state index in [-0.39, 0.29) is 62.8 Å². The van der Waals surface area contributed by atoms with E-state index in [9.17, 15) is 29.1 Å². The third kappa shape index (κ3) is 7.06. The minimum absolute atomic E-state index is 0.00239. The second-order valence-corrected chi connectivity index (χ2v) is 9.05. The number of rotatable bonds is 7. The van der Waals surface area contributed by atoms with Crippen LogP contribution in [-0.4, -0.2) is 83.8 Å². The number of nitrogens with zero attached hydrogens (tertiary/aromatic N) is 2. The van der Waals surface area contributed by atoms with Gasteiger partial charge in [0.05, 0.1) is 6.54 Å². The maximum Gasteiger partial charge on any atom is 0.318 e. The molecule has 0 aromatic rings. The minimum atomic E-state index is -1.21. The lowest BCUT2D eigenvalue weighted by Crippen LogP contribution is -2.65. The van der Waals surface area contributed by atoms with Crippen LogP contribution in [0.5, 0.6) is 0 Å². The maximum absolute atomic E-state index is 13.2. The van der Waals surface area contributed by atoms with Gasteiger partial charge in [0.2, 0.25) is 17.7 Å². The van der Waals surface area contributed by atoms with E-state index in [1.165, 1.54) is 9.80 Å². The highest BCUT2D eigenvalue weighted by atomic mass is 16.4. The number of carboxylic acids is 1. The van der Waals surface area contributed by atoms with E-state index in [1.807, 2.05) is 0 Å². The van der Waals surface area contributed by atoms with E-state index in [4.69, 9.17) is 0 Å². The van der Waals surface area contributed by atoms with Crippen molar-refractivity contribution in [1.29, 1.82) is 0 Å².